The number of rotatable bonds is 13. The average Bonchev–Trinajstić information content (AvgIpc) is 3.30. The number of amides is 4. The zero-order valence-electron chi connectivity index (χ0n) is 26.8. The number of benzene rings is 1. The van der Waals surface area contributed by atoms with Crippen molar-refractivity contribution in [3.63, 3.8) is 0 Å². The number of carbonyl (C=O) groups is 5. The lowest BCUT2D eigenvalue weighted by molar-refractivity contribution is -0.153. The molecule has 3 unspecified atom stereocenters. The van der Waals surface area contributed by atoms with E-state index in [-0.39, 0.29) is 18.0 Å². The normalized spacial score (nSPS) is 15.9. The van der Waals surface area contributed by atoms with Crippen LogP contribution in [-0.2, 0) is 28.5 Å². The Bertz CT molecular complexity index is 1360. The molecule has 14 heteroatoms. The van der Waals surface area contributed by atoms with E-state index in [1.165, 1.54) is 51.0 Å². The summed E-state index contributed by atoms with van der Waals surface area (Å²) in [4.78, 5) is 72.3. The van der Waals surface area contributed by atoms with E-state index < -0.39 is 73.2 Å². The highest BCUT2D eigenvalue weighted by Gasteiger charge is 2.58. The van der Waals surface area contributed by atoms with Crippen molar-refractivity contribution in [2.75, 3.05) is 28.2 Å². The molecule has 3 atom stereocenters. The van der Waals surface area contributed by atoms with Crippen molar-refractivity contribution in [1.82, 2.24) is 25.4 Å². The third-order valence-electron chi connectivity index (χ3n) is 7.29. The highest BCUT2D eigenvalue weighted by molar-refractivity contribution is 6.52. The van der Waals surface area contributed by atoms with Crippen LogP contribution in [0.15, 0.2) is 48.5 Å². The fourth-order valence-corrected chi connectivity index (χ4v) is 4.74. The first-order valence-electron chi connectivity index (χ1n) is 14.7. The van der Waals surface area contributed by atoms with E-state index in [2.05, 4.69) is 15.6 Å². The molecule has 1 aromatic carbocycles. The third kappa shape index (κ3) is 9.11. The molecular weight excluding hydrogens is 581 g/mol. The maximum absolute atomic E-state index is 13.5. The lowest BCUT2D eigenvalue weighted by Crippen LogP contribution is -2.58. The van der Waals surface area contributed by atoms with Gasteiger partial charge in [0.2, 0.25) is 17.7 Å². The first-order valence-corrected chi connectivity index (χ1v) is 14.7. The third-order valence-corrected chi connectivity index (χ3v) is 7.29. The Balaban J connectivity index is 1.83. The molecular formula is C31H42BN5O8. The standard InChI is InChI=1S/C31H42BN5O8/c1-19(2)16-24(32-44-30(43)31(45-32,17-25(39)36(4)5)18-26(40)37(6)7)34-29(42)27(20(3)38)35-28(41)23-15-11-14-22(33-23)21-12-9-8-10-13-21/h8-15,19-20,24,27,38H,16-18H2,1-7H3,(H,34,42)(H,35,41). The summed E-state index contributed by atoms with van der Waals surface area (Å²) in [6.07, 6.45) is -1.94. The molecule has 0 saturated carbocycles. The van der Waals surface area contributed by atoms with Gasteiger partial charge in [-0.3, -0.25) is 24.0 Å². The summed E-state index contributed by atoms with van der Waals surface area (Å²) < 4.78 is 11.6. The monoisotopic (exact) mass is 623 g/mol. The summed E-state index contributed by atoms with van der Waals surface area (Å²) in [7, 11) is 4.72. The highest BCUT2D eigenvalue weighted by Crippen LogP contribution is 2.33. The number of hydrogen-bond donors (Lipinski definition) is 3. The number of nitrogens with zero attached hydrogens (tertiary/aromatic N) is 3. The zero-order chi connectivity index (χ0) is 33.5. The number of aliphatic hydroxyl groups excluding tert-OH is 1. The van der Waals surface area contributed by atoms with Gasteiger partial charge < -0.3 is 34.8 Å². The quantitative estimate of drug-likeness (QED) is 0.277. The van der Waals surface area contributed by atoms with Gasteiger partial charge in [-0.25, -0.2) is 4.98 Å². The molecule has 242 valence electrons. The predicted molar refractivity (Wildman–Crippen MR) is 166 cm³/mol. The van der Waals surface area contributed by atoms with E-state index in [4.69, 9.17) is 9.31 Å². The van der Waals surface area contributed by atoms with Crippen LogP contribution in [0.3, 0.4) is 0 Å². The topological polar surface area (TPSA) is 167 Å². The van der Waals surface area contributed by atoms with Crippen molar-refractivity contribution in [1.29, 1.82) is 0 Å². The zero-order valence-corrected chi connectivity index (χ0v) is 26.8. The van der Waals surface area contributed by atoms with Crippen molar-refractivity contribution < 1.29 is 38.4 Å². The second-order valence-corrected chi connectivity index (χ2v) is 12.0. The molecule has 45 heavy (non-hydrogen) atoms. The summed E-state index contributed by atoms with van der Waals surface area (Å²) in [5.74, 6) is -4.20. The van der Waals surface area contributed by atoms with Crippen LogP contribution in [0.4, 0.5) is 0 Å². The first-order chi connectivity index (χ1) is 21.1. The Labute approximate surface area is 263 Å². The van der Waals surface area contributed by atoms with Crippen LogP contribution < -0.4 is 10.6 Å². The Morgan fingerprint density at radius 2 is 1.51 bits per heavy atom. The number of aliphatic hydroxyl groups is 1. The van der Waals surface area contributed by atoms with Gasteiger partial charge in [0, 0.05) is 33.8 Å². The molecule has 1 saturated heterocycles. The molecule has 1 fully saturated rings. The van der Waals surface area contributed by atoms with Gasteiger partial charge in [-0.05, 0) is 31.4 Å². The summed E-state index contributed by atoms with van der Waals surface area (Å²) in [6, 6.07) is 12.8. The van der Waals surface area contributed by atoms with E-state index in [0.717, 1.165) is 5.56 Å². The van der Waals surface area contributed by atoms with Crippen LogP contribution in [-0.4, -0.2) is 108 Å². The first kappa shape index (κ1) is 35.2. The van der Waals surface area contributed by atoms with Crippen LogP contribution in [0.25, 0.3) is 11.3 Å². The number of nitrogens with one attached hydrogen (secondary N) is 2. The molecule has 2 heterocycles. The van der Waals surface area contributed by atoms with E-state index in [1.54, 1.807) is 12.1 Å². The van der Waals surface area contributed by atoms with Crippen molar-refractivity contribution >= 4 is 36.7 Å². The fourth-order valence-electron chi connectivity index (χ4n) is 4.74. The maximum atomic E-state index is 13.5. The number of hydrogen-bond acceptors (Lipinski definition) is 9. The van der Waals surface area contributed by atoms with Crippen molar-refractivity contribution in [3.05, 3.63) is 54.2 Å². The van der Waals surface area contributed by atoms with Crippen LogP contribution in [0.2, 0.25) is 0 Å². The molecule has 1 aliphatic heterocycles. The SMILES string of the molecule is CC(C)CC(NC(=O)C(NC(=O)c1cccc(-c2ccccc2)n1)C(C)O)B1OC(=O)C(CC(=O)N(C)C)(CC(=O)N(C)C)O1. The van der Waals surface area contributed by atoms with Gasteiger partial charge in [0.1, 0.15) is 11.7 Å². The number of pyridine rings is 1. The summed E-state index contributed by atoms with van der Waals surface area (Å²) in [5.41, 5.74) is -0.499. The fraction of sp³-hybridized carbons (Fsp3) is 0.484. The van der Waals surface area contributed by atoms with Gasteiger partial charge in [-0.1, -0.05) is 50.2 Å². The largest absolute Gasteiger partial charge is 0.552 e. The minimum absolute atomic E-state index is 0.0241. The van der Waals surface area contributed by atoms with Crippen LogP contribution in [0, 0.1) is 5.92 Å². The Morgan fingerprint density at radius 1 is 0.911 bits per heavy atom. The predicted octanol–water partition coefficient (Wildman–Crippen LogP) is 1.05. The molecule has 0 spiro atoms. The molecule has 0 bridgehead atoms. The molecule has 0 aliphatic carbocycles. The Morgan fingerprint density at radius 3 is 2.04 bits per heavy atom. The Hall–Kier alpha value is -4.30. The van der Waals surface area contributed by atoms with E-state index in [0.29, 0.717) is 5.69 Å². The molecule has 3 rings (SSSR count). The molecule has 4 amide bonds. The molecule has 3 N–H and O–H groups in total. The van der Waals surface area contributed by atoms with Crippen molar-refractivity contribution in [3.8, 4) is 11.3 Å². The summed E-state index contributed by atoms with van der Waals surface area (Å²) in [6.45, 7) is 5.12. The smallest absolute Gasteiger partial charge is 0.506 e. The van der Waals surface area contributed by atoms with E-state index in [9.17, 15) is 29.1 Å². The van der Waals surface area contributed by atoms with Gasteiger partial charge in [-0.2, -0.15) is 0 Å². The van der Waals surface area contributed by atoms with E-state index in [1.807, 2.05) is 44.2 Å². The van der Waals surface area contributed by atoms with Gasteiger partial charge >= 0.3 is 13.1 Å². The summed E-state index contributed by atoms with van der Waals surface area (Å²) >= 11 is 0. The molecule has 1 aromatic heterocycles. The molecule has 13 nitrogen and oxygen atoms in total. The van der Waals surface area contributed by atoms with Gasteiger partial charge in [0.25, 0.3) is 5.91 Å². The molecule has 0 radical (unpaired) electrons. The number of carbonyl (C=O) groups excluding carboxylic acids is 5. The average molecular weight is 624 g/mol. The summed E-state index contributed by atoms with van der Waals surface area (Å²) in [5, 5.41) is 15.8. The van der Waals surface area contributed by atoms with Gasteiger partial charge in [0.15, 0.2) is 5.60 Å². The van der Waals surface area contributed by atoms with Gasteiger partial charge in [0.05, 0.1) is 30.6 Å². The lowest BCUT2D eigenvalue weighted by Gasteiger charge is -2.29. The lowest BCUT2D eigenvalue weighted by atomic mass is 9.73. The molecule has 1 aliphatic rings. The Kier molecular flexibility index (Phi) is 11.8. The van der Waals surface area contributed by atoms with Crippen LogP contribution in [0.5, 0.6) is 0 Å². The van der Waals surface area contributed by atoms with Crippen LogP contribution in [0.1, 0.15) is 50.5 Å². The van der Waals surface area contributed by atoms with Crippen molar-refractivity contribution in [2.24, 2.45) is 5.92 Å². The second kappa shape index (κ2) is 15.1. The van der Waals surface area contributed by atoms with Gasteiger partial charge in [-0.15, -0.1) is 0 Å². The second-order valence-electron chi connectivity index (χ2n) is 12.0. The minimum atomic E-state index is -1.90. The minimum Gasteiger partial charge on any atom is -0.506 e. The van der Waals surface area contributed by atoms with E-state index >= 15 is 0 Å². The molecule has 2 aromatic rings. The highest BCUT2D eigenvalue weighted by atomic mass is 16.7. The number of aromatic nitrogens is 1. The maximum Gasteiger partial charge on any atom is 0.552 e. The van der Waals surface area contributed by atoms with Crippen LogP contribution >= 0.6 is 0 Å². The van der Waals surface area contributed by atoms with Crippen molar-refractivity contribution in [2.45, 2.75) is 63.7 Å².